The molecule has 0 saturated carbocycles. The number of nitrogens with zero attached hydrogens (tertiary/aromatic N) is 1. The van der Waals surface area contributed by atoms with Gasteiger partial charge >= 0.3 is 0 Å². The highest BCUT2D eigenvalue weighted by molar-refractivity contribution is 5.57. The van der Waals surface area contributed by atoms with Crippen molar-refractivity contribution < 1.29 is 4.42 Å². The van der Waals surface area contributed by atoms with Crippen molar-refractivity contribution in [2.45, 2.75) is 19.9 Å². The third-order valence-corrected chi connectivity index (χ3v) is 4.39. The van der Waals surface area contributed by atoms with Crippen molar-refractivity contribution in [3.05, 3.63) is 48.2 Å². The Morgan fingerprint density at radius 3 is 2.67 bits per heavy atom. The van der Waals surface area contributed by atoms with E-state index in [9.17, 15) is 0 Å². The fourth-order valence-corrected chi connectivity index (χ4v) is 3.15. The lowest BCUT2D eigenvalue weighted by molar-refractivity contribution is 0.295. The van der Waals surface area contributed by atoms with Crippen LogP contribution in [-0.2, 0) is 6.54 Å². The van der Waals surface area contributed by atoms with Gasteiger partial charge in [-0.1, -0.05) is 31.2 Å². The fourth-order valence-electron chi connectivity index (χ4n) is 3.15. The number of rotatable bonds is 5. The van der Waals surface area contributed by atoms with Crippen LogP contribution in [-0.4, -0.2) is 31.6 Å². The van der Waals surface area contributed by atoms with Crippen LogP contribution in [0.25, 0.3) is 11.3 Å². The quantitative estimate of drug-likeness (QED) is 0.912. The van der Waals surface area contributed by atoms with Gasteiger partial charge in [0.25, 0.3) is 0 Å². The van der Waals surface area contributed by atoms with E-state index >= 15 is 0 Å². The average Bonchev–Trinajstić information content (AvgIpc) is 3.10. The molecule has 1 aliphatic heterocycles. The van der Waals surface area contributed by atoms with Crippen molar-refractivity contribution in [2.24, 2.45) is 5.41 Å². The van der Waals surface area contributed by atoms with Gasteiger partial charge in [0.05, 0.1) is 6.26 Å². The lowest BCUT2D eigenvalue weighted by atomic mass is 9.90. The fraction of sp³-hybridized carbons (Fsp3) is 0.444. The Morgan fingerprint density at radius 2 is 2.05 bits per heavy atom. The van der Waals surface area contributed by atoms with Gasteiger partial charge in [-0.05, 0) is 43.1 Å². The molecule has 1 N–H and O–H groups in total. The van der Waals surface area contributed by atoms with Crippen LogP contribution in [0.5, 0.6) is 0 Å². The number of benzene rings is 1. The minimum atomic E-state index is 0.420. The van der Waals surface area contributed by atoms with Crippen LogP contribution in [0.4, 0.5) is 0 Å². The summed E-state index contributed by atoms with van der Waals surface area (Å²) in [4.78, 5) is 2.42. The number of nitrogens with one attached hydrogen (secondary N) is 1. The zero-order chi connectivity index (χ0) is 14.7. The van der Waals surface area contributed by atoms with Crippen LogP contribution in [0.3, 0.4) is 0 Å². The largest absolute Gasteiger partial charge is 0.464 e. The molecule has 0 radical (unpaired) electrons. The topological polar surface area (TPSA) is 28.4 Å². The molecule has 1 aromatic carbocycles. The lowest BCUT2D eigenvalue weighted by Gasteiger charge is -2.24. The minimum absolute atomic E-state index is 0.420. The summed E-state index contributed by atoms with van der Waals surface area (Å²) in [6.45, 7) is 6.80. The van der Waals surface area contributed by atoms with Gasteiger partial charge in [0, 0.05) is 25.2 Å². The van der Waals surface area contributed by atoms with Crippen molar-refractivity contribution in [1.82, 2.24) is 10.2 Å². The van der Waals surface area contributed by atoms with Crippen molar-refractivity contribution in [3.8, 4) is 11.3 Å². The van der Waals surface area contributed by atoms with E-state index in [1.54, 1.807) is 6.26 Å². The number of hydrogen-bond acceptors (Lipinski definition) is 3. The predicted molar refractivity (Wildman–Crippen MR) is 86.1 cm³/mol. The number of furan rings is 1. The summed E-state index contributed by atoms with van der Waals surface area (Å²) in [6, 6.07) is 12.5. The molecule has 3 nitrogen and oxygen atoms in total. The van der Waals surface area contributed by atoms with Gasteiger partial charge in [0.2, 0.25) is 0 Å². The van der Waals surface area contributed by atoms with E-state index in [1.165, 1.54) is 25.1 Å². The van der Waals surface area contributed by atoms with Crippen molar-refractivity contribution in [1.29, 1.82) is 0 Å². The molecule has 1 aromatic heterocycles. The molecule has 3 rings (SSSR count). The molecule has 0 amide bonds. The minimum Gasteiger partial charge on any atom is -0.464 e. The van der Waals surface area contributed by atoms with Gasteiger partial charge < -0.3 is 14.6 Å². The van der Waals surface area contributed by atoms with Gasteiger partial charge in [-0.25, -0.2) is 0 Å². The Hall–Kier alpha value is -1.58. The summed E-state index contributed by atoms with van der Waals surface area (Å²) < 4.78 is 5.41. The third-order valence-electron chi connectivity index (χ3n) is 4.39. The van der Waals surface area contributed by atoms with E-state index in [-0.39, 0.29) is 0 Å². The highest BCUT2D eigenvalue weighted by atomic mass is 16.3. The lowest BCUT2D eigenvalue weighted by Crippen LogP contribution is -2.33. The number of hydrogen-bond donors (Lipinski definition) is 1. The molecular weight excluding hydrogens is 260 g/mol. The second-order valence-corrected chi connectivity index (χ2v) is 6.58. The Balaban J connectivity index is 1.52. The molecule has 1 saturated heterocycles. The van der Waals surface area contributed by atoms with Gasteiger partial charge in [-0.15, -0.1) is 0 Å². The first-order valence-electron chi connectivity index (χ1n) is 7.67. The van der Waals surface area contributed by atoms with Gasteiger partial charge in [-0.3, -0.25) is 0 Å². The first kappa shape index (κ1) is 14.4. The molecule has 1 fully saturated rings. The second kappa shape index (κ2) is 6.04. The zero-order valence-electron chi connectivity index (χ0n) is 12.9. The molecule has 1 atom stereocenters. The van der Waals surface area contributed by atoms with Crippen LogP contribution in [0.2, 0.25) is 0 Å². The Labute approximate surface area is 127 Å². The highest BCUT2D eigenvalue weighted by Crippen LogP contribution is 2.28. The average molecular weight is 284 g/mol. The van der Waals surface area contributed by atoms with Crippen LogP contribution in [0.15, 0.2) is 47.1 Å². The van der Waals surface area contributed by atoms with Gasteiger partial charge in [0.15, 0.2) is 0 Å². The van der Waals surface area contributed by atoms with E-state index in [0.29, 0.717) is 5.41 Å². The molecule has 21 heavy (non-hydrogen) atoms. The summed E-state index contributed by atoms with van der Waals surface area (Å²) in [6.07, 6.45) is 3.00. The Morgan fingerprint density at radius 1 is 1.24 bits per heavy atom. The maximum absolute atomic E-state index is 5.41. The molecular formula is C18H24N2O. The number of likely N-dealkylation sites (tertiary alicyclic amines) is 1. The van der Waals surface area contributed by atoms with E-state index in [0.717, 1.165) is 24.4 Å². The third kappa shape index (κ3) is 3.55. The van der Waals surface area contributed by atoms with Gasteiger partial charge in [-0.2, -0.15) is 0 Å². The molecule has 1 aliphatic rings. The van der Waals surface area contributed by atoms with E-state index in [4.69, 9.17) is 4.42 Å². The monoisotopic (exact) mass is 284 g/mol. The Bertz CT molecular complexity index is 561. The van der Waals surface area contributed by atoms with Crippen LogP contribution >= 0.6 is 0 Å². The first-order chi connectivity index (χ1) is 10.1. The van der Waals surface area contributed by atoms with Crippen LogP contribution in [0, 0.1) is 5.41 Å². The summed E-state index contributed by atoms with van der Waals surface area (Å²) in [5, 5.41) is 3.61. The van der Waals surface area contributed by atoms with Crippen molar-refractivity contribution in [3.63, 3.8) is 0 Å². The predicted octanol–water partition coefficient (Wildman–Crippen LogP) is 3.38. The smallest absolute Gasteiger partial charge is 0.133 e. The standard InChI is InChI=1S/C18H24N2O/c1-18(9-10-20(2)14-18)13-19-12-15-5-7-16(8-6-15)17-4-3-11-21-17/h3-8,11,19H,9-10,12-14H2,1-2H3. The summed E-state index contributed by atoms with van der Waals surface area (Å²) in [5.74, 6) is 0.927. The molecule has 112 valence electrons. The van der Waals surface area contributed by atoms with Gasteiger partial charge in [0.1, 0.15) is 5.76 Å². The van der Waals surface area contributed by atoms with E-state index < -0.39 is 0 Å². The molecule has 2 aromatic rings. The molecule has 0 spiro atoms. The SMILES string of the molecule is CN1CCC(C)(CNCc2ccc(-c3ccco3)cc2)C1. The first-order valence-corrected chi connectivity index (χ1v) is 7.67. The normalized spacial score (nSPS) is 22.8. The highest BCUT2D eigenvalue weighted by Gasteiger charge is 2.31. The maximum Gasteiger partial charge on any atom is 0.133 e. The molecule has 2 heterocycles. The van der Waals surface area contributed by atoms with Crippen molar-refractivity contribution >= 4 is 0 Å². The molecule has 1 unspecified atom stereocenters. The molecule has 0 bridgehead atoms. The molecule has 3 heteroatoms. The molecule has 0 aliphatic carbocycles. The van der Waals surface area contributed by atoms with E-state index in [1.807, 2.05) is 12.1 Å². The zero-order valence-corrected chi connectivity index (χ0v) is 12.9. The van der Waals surface area contributed by atoms with Crippen LogP contribution < -0.4 is 5.32 Å². The second-order valence-electron chi connectivity index (χ2n) is 6.58. The Kier molecular flexibility index (Phi) is 4.13. The summed E-state index contributed by atoms with van der Waals surface area (Å²) in [5.41, 5.74) is 2.87. The van der Waals surface area contributed by atoms with Crippen molar-refractivity contribution in [2.75, 3.05) is 26.7 Å². The maximum atomic E-state index is 5.41. The summed E-state index contributed by atoms with van der Waals surface area (Å²) in [7, 11) is 2.21. The van der Waals surface area contributed by atoms with Crippen LogP contribution in [0.1, 0.15) is 18.9 Å². The van der Waals surface area contributed by atoms with E-state index in [2.05, 4.69) is 48.5 Å². The summed E-state index contributed by atoms with van der Waals surface area (Å²) >= 11 is 0.